The molecule has 2 aliphatic heterocycles. The Hall–Kier alpha value is -2.10. The molecule has 0 saturated carbocycles. The highest BCUT2D eigenvalue weighted by Gasteiger charge is 2.45. The number of ketones is 1. The van der Waals surface area contributed by atoms with Gasteiger partial charge in [-0.3, -0.25) is 4.79 Å². The Kier molecular flexibility index (Phi) is 3.06. The summed E-state index contributed by atoms with van der Waals surface area (Å²) < 4.78 is 14.1. The molecule has 8 nitrogen and oxygen atoms in total. The van der Waals surface area contributed by atoms with Crippen LogP contribution in [0.2, 0.25) is 0 Å². The molecule has 0 unspecified atom stereocenters. The summed E-state index contributed by atoms with van der Waals surface area (Å²) in [5, 5.41) is 17.6. The van der Waals surface area contributed by atoms with Crippen LogP contribution in [0.25, 0.3) is 5.69 Å². The third-order valence-electron chi connectivity index (χ3n) is 3.80. The van der Waals surface area contributed by atoms with E-state index < -0.39 is 6.29 Å². The predicted octanol–water partition coefficient (Wildman–Crippen LogP) is 0.759. The minimum atomic E-state index is -0.753. The van der Waals surface area contributed by atoms with Crippen LogP contribution in [-0.4, -0.2) is 49.7 Å². The number of nitrogens with zero attached hydrogens (tertiary/aromatic N) is 4. The van der Waals surface area contributed by atoms with E-state index in [0.717, 1.165) is 0 Å². The van der Waals surface area contributed by atoms with Crippen LogP contribution in [0.5, 0.6) is 5.75 Å². The number of aromatic nitrogens is 4. The normalized spacial score (nSPS) is 27.3. The molecular weight excluding hydrogens is 308 g/mol. The van der Waals surface area contributed by atoms with Gasteiger partial charge in [0.1, 0.15) is 11.9 Å². The number of tetrazole rings is 1. The molecule has 2 fully saturated rings. The summed E-state index contributed by atoms with van der Waals surface area (Å²) in [5.74, 6) is -0.00952. The molecule has 1 N–H and O–H groups in total. The first-order valence-electron chi connectivity index (χ1n) is 6.77. The van der Waals surface area contributed by atoms with E-state index in [1.807, 2.05) is 0 Å². The van der Waals surface area contributed by atoms with Crippen LogP contribution in [0.4, 0.5) is 0 Å². The average Bonchev–Trinajstić information content (AvgIpc) is 3.09. The highest BCUT2D eigenvalue weighted by Crippen LogP contribution is 2.32. The number of benzene rings is 1. The van der Waals surface area contributed by atoms with Gasteiger partial charge in [0.2, 0.25) is 11.1 Å². The van der Waals surface area contributed by atoms with Gasteiger partial charge in [0.05, 0.1) is 18.3 Å². The largest absolute Gasteiger partial charge is 0.508 e. The van der Waals surface area contributed by atoms with Crippen molar-refractivity contribution in [1.29, 1.82) is 0 Å². The first kappa shape index (κ1) is 13.6. The lowest BCUT2D eigenvalue weighted by atomic mass is 10.0. The number of fused-ring (bicyclic) bond motifs is 2. The lowest BCUT2D eigenvalue weighted by Gasteiger charge is -2.25. The van der Waals surface area contributed by atoms with Crippen molar-refractivity contribution in [3.63, 3.8) is 0 Å². The highest BCUT2D eigenvalue weighted by molar-refractivity contribution is 7.71. The van der Waals surface area contributed by atoms with Gasteiger partial charge in [-0.2, -0.15) is 4.68 Å². The molecule has 9 heteroatoms. The first-order valence-corrected chi connectivity index (χ1v) is 7.18. The molecule has 2 aliphatic rings. The van der Waals surface area contributed by atoms with Crippen LogP contribution in [0, 0.1) is 4.77 Å². The van der Waals surface area contributed by atoms with Crippen molar-refractivity contribution in [2.75, 3.05) is 6.61 Å². The number of aromatic hydroxyl groups is 1. The molecule has 0 spiro atoms. The third-order valence-corrected chi connectivity index (χ3v) is 4.16. The number of Topliss-reactive ketones (excluding diaryl/α,β-unsaturated/α-hetero) is 1. The molecule has 4 rings (SSSR count). The average molecular weight is 320 g/mol. The monoisotopic (exact) mass is 320 g/mol. The fraction of sp³-hybridized carbons (Fsp3) is 0.385. The Labute approximate surface area is 129 Å². The van der Waals surface area contributed by atoms with E-state index in [2.05, 4.69) is 10.4 Å². The molecule has 22 heavy (non-hydrogen) atoms. The van der Waals surface area contributed by atoms with Gasteiger partial charge in [0, 0.05) is 12.5 Å². The summed E-state index contributed by atoms with van der Waals surface area (Å²) in [4.78, 5) is 11.9. The lowest BCUT2D eigenvalue weighted by Crippen LogP contribution is -2.37. The number of hydrogen-bond donors (Lipinski definition) is 1. The summed E-state index contributed by atoms with van der Waals surface area (Å²) in [7, 11) is 0. The van der Waals surface area contributed by atoms with Crippen molar-refractivity contribution < 1.29 is 19.4 Å². The summed E-state index contributed by atoms with van der Waals surface area (Å²) in [5.41, 5.74) is 0.597. The second-order valence-electron chi connectivity index (χ2n) is 5.22. The van der Waals surface area contributed by atoms with Crippen LogP contribution < -0.4 is 0 Å². The van der Waals surface area contributed by atoms with E-state index in [0.29, 0.717) is 17.1 Å². The van der Waals surface area contributed by atoms with Crippen molar-refractivity contribution in [3.05, 3.63) is 29.0 Å². The number of ether oxygens (including phenoxy) is 2. The predicted molar refractivity (Wildman–Crippen MR) is 75.1 cm³/mol. The summed E-state index contributed by atoms with van der Waals surface area (Å²) in [6, 6.07) is 6.21. The minimum Gasteiger partial charge on any atom is -0.508 e. The lowest BCUT2D eigenvalue weighted by molar-refractivity contribution is -0.156. The Bertz CT molecular complexity index is 801. The third kappa shape index (κ3) is 2.05. The van der Waals surface area contributed by atoms with Gasteiger partial charge in [-0.25, -0.2) is 4.68 Å². The fourth-order valence-corrected chi connectivity index (χ4v) is 3.03. The van der Waals surface area contributed by atoms with E-state index in [-0.39, 0.29) is 30.1 Å². The molecule has 2 saturated heterocycles. The van der Waals surface area contributed by atoms with Crippen LogP contribution in [0.3, 0.4) is 0 Å². The Balaban J connectivity index is 1.73. The van der Waals surface area contributed by atoms with E-state index >= 15 is 0 Å². The highest BCUT2D eigenvalue weighted by atomic mass is 32.1. The molecule has 1 aromatic heterocycles. The van der Waals surface area contributed by atoms with Crippen LogP contribution in [0.1, 0.15) is 12.5 Å². The Morgan fingerprint density at radius 2 is 2.23 bits per heavy atom. The van der Waals surface area contributed by atoms with Crippen molar-refractivity contribution in [2.45, 2.75) is 24.9 Å². The minimum absolute atomic E-state index is 0.108. The van der Waals surface area contributed by atoms with Crippen LogP contribution in [0.15, 0.2) is 24.3 Å². The van der Waals surface area contributed by atoms with Crippen molar-refractivity contribution >= 4 is 18.0 Å². The second kappa shape index (κ2) is 4.97. The zero-order chi connectivity index (χ0) is 15.3. The van der Waals surface area contributed by atoms with Crippen LogP contribution in [-0.2, 0) is 14.3 Å². The molecule has 1 aromatic carbocycles. The zero-order valence-electron chi connectivity index (χ0n) is 11.3. The van der Waals surface area contributed by atoms with E-state index in [1.54, 1.807) is 18.2 Å². The van der Waals surface area contributed by atoms with Gasteiger partial charge in [-0.1, -0.05) is 6.07 Å². The van der Waals surface area contributed by atoms with E-state index in [9.17, 15) is 9.90 Å². The van der Waals surface area contributed by atoms with Crippen molar-refractivity contribution in [2.24, 2.45) is 0 Å². The first-order chi connectivity index (χ1) is 10.6. The Morgan fingerprint density at radius 3 is 3.05 bits per heavy atom. The Morgan fingerprint density at radius 1 is 1.36 bits per heavy atom. The maximum atomic E-state index is 11.9. The zero-order valence-corrected chi connectivity index (χ0v) is 12.1. The maximum absolute atomic E-state index is 11.9. The maximum Gasteiger partial charge on any atom is 0.221 e. The molecule has 114 valence electrons. The fourth-order valence-electron chi connectivity index (χ4n) is 2.72. The number of rotatable bonds is 2. The van der Waals surface area contributed by atoms with Gasteiger partial charge in [0.25, 0.3) is 0 Å². The van der Waals surface area contributed by atoms with Crippen LogP contribution >= 0.6 is 12.2 Å². The number of carbonyl (C=O) groups is 1. The SMILES string of the molecule is O=C1C[C@H](n2nnn(-c3cccc(O)c3)c2=S)[C@H]2CO[C@H]1O2. The van der Waals surface area contributed by atoms with E-state index in [4.69, 9.17) is 21.7 Å². The quantitative estimate of drug-likeness (QED) is 0.817. The van der Waals surface area contributed by atoms with Crippen molar-refractivity contribution in [3.8, 4) is 11.4 Å². The number of phenolic OH excluding ortho intramolecular Hbond substituents is 1. The smallest absolute Gasteiger partial charge is 0.221 e. The number of carbonyl (C=O) groups excluding carboxylic acids is 1. The number of phenols is 1. The van der Waals surface area contributed by atoms with Gasteiger partial charge >= 0.3 is 0 Å². The molecule has 2 bridgehead atoms. The molecule has 0 amide bonds. The van der Waals surface area contributed by atoms with Gasteiger partial charge < -0.3 is 14.6 Å². The summed E-state index contributed by atoms with van der Waals surface area (Å²) in [6.45, 7) is 0.335. The van der Waals surface area contributed by atoms with Gasteiger partial charge in [-0.15, -0.1) is 0 Å². The molecular formula is C13H12N4O4S. The van der Waals surface area contributed by atoms with Gasteiger partial charge in [-0.05, 0) is 34.8 Å². The number of hydrogen-bond acceptors (Lipinski definition) is 7. The molecule has 3 heterocycles. The standard InChI is InChI=1S/C13H12N4O4S/c18-8-3-1-2-7(4-8)16-13(22)17(15-14-16)9-5-10(19)12-20-6-11(9)21-12/h1-4,9,11-12,18H,5-6H2/t9-,11+,12-/m0/s1. The second-order valence-corrected chi connectivity index (χ2v) is 5.58. The van der Waals surface area contributed by atoms with Gasteiger partial charge in [0.15, 0.2) is 5.78 Å². The molecule has 0 radical (unpaired) electrons. The topological polar surface area (TPSA) is 91.4 Å². The molecule has 2 aromatic rings. The van der Waals surface area contributed by atoms with E-state index in [1.165, 1.54) is 15.4 Å². The summed E-state index contributed by atoms with van der Waals surface area (Å²) in [6.07, 6.45) is -0.761. The molecule has 3 atom stereocenters. The molecule has 0 aliphatic carbocycles. The van der Waals surface area contributed by atoms with Crippen molar-refractivity contribution in [1.82, 2.24) is 19.8 Å². The summed E-state index contributed by atoms with van der Waals surface area (Å²) >= 11 is 5.40.